The van der Waals surface area contributed by atoms with Crippen LogP contribution in [0.3, 0.4) is 0 Å². The number of aromatic nitrogens is 1. The normalized spacial score (nSPS) is 19.8. The molecule has 2 N–H and O–H groups in total. The molecule has 1 saturated heterocycles. The smallest absolute Gasteiger partial charge is 0.410 e. The number of pyridine rings is 1. The molecule has 0 unspecified atom stereocenters. The Morgan fingerprint density at radius 2 is 2.15 bits per heavy atom. The monoisotopic (exact) mass is 359 g/mol. The van der Waals surface area contributed by atoms with Crippen molar-refractivity contribution < 1.29 is 9.53 Å². The molecule has 2 aliphatic heterocycles. The van der Waals surface area contributed by atoms with Gasteiger partial charge in [0.2, 0.25) is 0 Å². The highest BCUT2D eigenvalue weighted by Crippen LogP contribution is 2.26. The molecule has 1 amide bonds. The highest BCUT2D eigenvalue weighted by atomic mass is 16.6. The predicted octanol–water partition coefficient (Wildman–Crippen LogP) is 1.94. The predicted molar refractivity (Wildman–Crippen MR) is 101 cm³/mol. The van der Waals surface area contributed by atoms with E-state index in [1.165, 1.54) is 0 Å². The van der Waals surface area contributed by atoms with Crippen LogP contribution in [-0.4, -0.2) is 59.1 Å². The van der Waals surface area contributed by atoms with Crippen molar-refractivity contribution in [1.29, 1.82) is 0 Å². The summed E-state index contributed by atoms with van der Waals surface area (Å²) < 4.78 is 5.50. The maximum Gasteiger partial charge on any atom is 0.410 e. The van der Waals surface area contributed by atoms with E-state index in [0.29, 0.717) is 19.6 Å². The second-order valence-corrected chi connectivity index (χ2v) is 7.92. The van der Waals surface area contributed by atoms with Crippen molar-refractivity contribution >= 4 is 11.9 Å². The van der Waals surface area contributed by atoms with Gasteiger partial charge in [-0.15, -0.1) is 0 Å². The van der Waals surface area contributed by atoms with Gasteiger partial charge in [0.1, 0.15) is 11.4 Å². The lowest BCUT2D eigenvalue weighted by Gasteiger charge is -2.45. The zero-order valence-corrected chi connectivity index (χ0v) is 15.9. The van der Waals surface area contributed by atoms with Gasteiger partial charge in [0.05, 0.1) is 12.1 Å². The van der Waals surface area contributed by atoms with Crippen LogP contribution in [0.15, 0.2) is 29.5 Å². The zero-order valence-electron chi connectivity index (χ0n) is 15.9. The number of carbonyl (C=O) groups excluding carboxylic acids is 1. The molecular formula is C19H29N5O2. The fourth-order valence-electron chi connectivity index (χ4n) is 3.42. The number of nitrogens with one attached hydrogen (secondary N) is 2. The first-order valence-electron chi connectivity index (χ1n) is 9.29. The van der Waals surface area contributed by atoms with E-state index in [2.05, 4.69) is 21.7 Å². The molecule has 7 nitrogen and oxygen atoms in total. The van der Waals surface area contributed by atoms with E-state index in [9.17, 15) is 4.79 Å². The van der Waals surface area contributed by atoms with Gasteiger partial charge in [-0.3, -0.25) is 9.98 Å². The van der Waals surface area contributed by atoms with E-state index in [4.69, 9.17) is 9.73 Å². The maximum atomic E-state index is 12.3. The van der Waals surface area contributed by atoms with Crippen LogP contribution in [0.1, 0.15) is 39.2 Å². The minimum absolute atomic E-state index is 0.182. The minimum Gasteiger partial charge on any atom is -0.444 e. The number of nitrogens with zero attached hydrogens (tertiary/aromatic N) is 3. The van der Waals surface area contributed by atoms with Crippen molar-refractivity contribution in [3.05, 3.63) is 30.1 Å². The topological polar surface area (TPSA) is 78.8 Å². The highest BCUT2D eigenvalue weighted by Gasteiger charge is 2.42. The fourth-order valence-corrected chi connectivity index (χ4v) is 3.42. The van der Waals surface area contributed by atoms with Crippen molar-refractivity contribution in [2.75, 3.05) is 26.2 Å². The Hall–Kier alpha value is -2.15. The summed E-state index contributed by atoms with van der Waals surface area (Å²) in [7, 11) is 0. The van der Waals surface area contributed by atoms with E-state index < -0.39 is 5.60 Å². The third-order valence-electron chi connectivity index (χ3n) is 4.75. The average molecular weight is 359 g/mol. The SMILES string of the molecule is CC(C)(C)OC(=O)N1CCC2(CC1)NCCN=C2NCc1cccnc1. The molecule has 7 heteroatoms. The molecule has 1 aromatic heterocycles. The quantitative estimate of drug-likeness (QED) is 0.844. The molecule has 1 aromatic rings. The molecular weight excluding hydrogens is 330 g/mol. The van der Waals surface area contributed by atoms with Gasteiger partial charge in [-0.2, -0.15) is 0 Å². The first-order valence-corrected chi connectivity index (χ1v) is 9.29. The van der Waals surface area contributed by atoms with Crippen molar-refractivity contribution in [1.82, 2.24) is 20.5 Å². The van der Waals surface area contributed by atoms with Crippen molar-refractivity contribution in [2.45, 2.75) is 51.3 Å². The van der Waals surface area contributed by atoms with Gasteiger partial charge in [-0.05, 0) is 45.2 Å². The molecule has 1 spiro atoms. The minimum atomic E-state index is -0.465. The van der Waals surface area contributed by atoms with Crippen LogP contribution in [0.2, 0.25) is 0 Å². The van der Waals surface area contributed by atoms with Gasteiger partial charge < -0.3 is 20.3 Å². The van der Waals surface area contributed by atoms with Crippen LogP contribution in [0.25, 0.3) is 0 Å². The summed E-state index contributed by atoms with van der Waals surface area (Å²) in [5.74, 6) is 0.997. The van der Waals surface area contributed by atoms with Gasteiger partial charge in [-0.25, -0.2) is 4.79 Å². The molecule has 26 heavy (non-hydrogen) atoms. The molecule has 2 aliphatic rings. The molecule has 0 radical (unpaired) electrons. The van der Waals surface area contributed by atoms with E-state index in [0.717, 1.165) is 37.3 Å². The van der Waals surface area contributed by atoms with Crippen LogP contribution in [0.5, 0.6) is 0 Å². The van der Waals surface area contributed by atoms with Crippen molar-refractivity contribution in [3.8, 4) is 0 Å². The zero-order chi connectivity index (χ0) is 18.6. The lowest BCUT2D eigenvalue weighted by atomic mass is 9.85. The van der Waals surface area contributed by atoms with Crippen LogP contribution in [-0.2, 0) is 11.3 Å². The number of likely N-dealkylation sites (tertiary alicyclic amines) is 1. The number of piperidine rings is 1. The highest BCUT2D eigenvalue weighted by molar-refractivity contribution is 5.92. The largest absolute Gasteiger partial charge is 0.444 e. The van der Waals surface area contributed by atoms with E-state index in [-0.39, 0.29) is 11.6 Å². The summed E-state index contributed by atoms with van der Waals surface area (Å²) in [4.78, 5) is 23.0. The van der Waals surface area contributed by atoms with E-state index in [1.807, 2.05) is 33.0 Å². The summed E-state index contributed by atoms with van der Waals surface area (Å²) in [5, 5.41) is 7.13. The molecule has 0 aliphatic carbocycles. The number of aliphatic imine (C=N–C) groups is 1. The summed E-state index contributed by atoms with van der Waals surface area (Å²) in [6.45, 7) is 9.35. The molecule has 142 valence electrons. The first kappa shape index (κ1) is 18.6. The number of amidine groups is 1. The maximum absolute atomic E-state index is 12.3. The van der Waals surface area contributed by atoms with Crippen molar-refractivity contribution in [3.63, 3.8) is 0 Å². The first-order chi connectivity index (χ1) is 12.4. The van der Waals surface area contributed by atoms with Gasteiger partial charge in [0.25, 0.3) is 0 Å². The Morgan fingerprint density at radius 3 is 2.81 bits per heavy atom. The molecule has 0 atom stereocenters. The lowest BCUT2D eigenvalue weighted by Crippen LogP contribution is -2.64. The number of hydrogen-bond donors (Lipinski definition) is 2. The molecule has 0 aromatic carbocycles. The lowest BCUT2D eigenvalue weighted by molar-refractivity contribution is 0.0177. The number of hydrogen-bond acceptors (Lipinski definition) is 6. The molecule has 3 heterocycles. The third-order valence-corrected chi connectivity index (χ3v) is 4.75. The second-order valence-electron chi connectivity index (χ2n) is 7.92. The standard InChI is InChI=1S/C19H29N5O2/c1-18(2,3)26-17(25)24-11-6-19(7-12-24)16(21-9-10-23-19)22-14-15-5-4-8-20-13-15/h4-5,8,13,23H,6-7,9-12,14H2,1-3H3,(H,21,22). The summed E-state index contributed by atoms with van der Waals surface area (Å²) in [5.41, 5.74) is 0.480. The summed E-state index contributed by atoms with van der Waals surface area (Å²) >= 11 is 0. The number of amides is 1. The van der Waals surface area contributed by atoms with E-state index in [1.54, 1.807) is 11.1 Å². The number of carbonyl (C=O) groups is 1. The van der Waals surface area contributed by atoms with Crippen molar-refractivity contribution in [2.24, 2.45) is 4.99 Å². The Labute approximate surface area is 155 Å². The molecule has 1 fully saturated rings. The van der Waals surface area contributed by atoms with Gasteiger partial charge in [0, 0.05) is 38.6 Å². The molecule has 3 rings (SSSR count). The van der Waals surface area contributed by atoms with E-state index >= 15 is 0 Å². The van der Waals surface area contributed by atoms with Gasteiger partial charge in [0.15, 0.2) is 0 Å². The molecule has 0 saturated carbocycles. The van der Waals surface area contributed by atoms with Crippen LogP contribution >= 0.6 is 0 Å². The number of ether oxygens (including phenoxy) is 1. The Balaban J connectivity index is 1.61. The van der Waals surface area contributed by atoms with Gasteiger partial charge >= 0.3 is 6.09 Å². The fraction of sp³-hybridized carbons (Fsp3) is 0.632. The van der Waals surface area contributed by atoms with Gasteiger partial charge in [-0.1, -0.05) is 6.07 Å². The molecule has 0 bridgehead atoms. The van der Waals surface area contributed by atoms with Crippen LogP contribution < -0.4 is 10.6 Å². The second kappa shape index (κ2) is 7.61. The Morgan fingerprint density at radius 1 is 1.38 bits per heavy atom. The van der Waals surface area contributed by atoms with Crippen LogP contribution in [0, 0.1) is 0 Å². The third kappa shape index (κ3) is 4.52. The Bertz CT molecular complexity index is 646. The summed E-state index contributed by atoms with van der Waals surface area (Å²) in [6.07, 6.45) is 5.06. The van der Waals surface area contributed by atoms with Crippen LogP contribution in [0.4, 0.5) is 4.79 Å². The Kier molecular flexibility index (Phi) is 5.46. The average Bonchev–Trinajstić information content (AvgIpc) is 2.61. The number of rotatable bonds is 2. The summed E-state index contributed by atoms with van der Waals surface area (Å²) in [6, 6.07) is 3.99.